The number of nitrogens with zero attached hydrogens (tertiary/aromatic N) is 3. The Kier molecular flexibility index (Phi) is 6.33. The van der Waals surface area contributed by atoms with Crippen LogP contribution in [0.25, 0.3) is 0 Å². The molecule has 2 heterocycles. The summed E-state index contributed by atoms with van der Waals surface area (Å²) in [4.78, 5) is 30.3. The third-order valence-corrected chi connectivity index (χ3v) is 5.13. The molecule has 0 aliphatic carbocycles. The van der Waals surface area contributed by atoms with Crippen molar-refractivity contribution in [3.8, 4) is 0 Å². The van der Waals surface area contributed by atoms with Crippen molar-refractivity contribution in [2.24, 2.45) is 0 Å². The fraction of sp³-hybridized carbons (Fsp3) is 0.579. The van der Waals surface area contributed by atoms with E-state index in [0.29, 0.717) is 12.6 Å². The van der Waals surface area contributed by atoms with Gasteiger partial charge in [0.1, 0.15) is 0 Å². The maximum Gasteiger partial charge on any atom is 0.409 e. The third kappa shape index (κ3) is 4.66. The quantitative estimate of drug-likeness (QED) is 0.899. The van der Waals surface area contributed by atoms with E-state index in [1.807, 2.05) is 42.2 Å². The highest BCUT2D eigenvalue weighted by Crippen LogP contribution is 2.19. The summed E-state index contributed by atoms with van der Waals surface area (Å²) in [6.45, 7) is 6.98. The molecule has 3 amide bonds. The number of anilines is 1. The van der Waals surface area contributed by atoms with Crippen molar-refractivity contribution in [3.05, 3.63) is 30.3 Å². The van der Waals surface area contributed by atoms with E-state index < -0.39 is 0 Å². The summed E-state index contributed by atoms with van der Waals surface area (Å²) in [5.74, 6) is 0. The first kappa shape index (κ1) is 18.5. The van der Waals surface area contributed by atoms with Gasteiger partial charge in [0.15, 0.2) is 0 Å². The molecular weight excluding hydrogens is 332 g/mol. The number of nitrogens with one attached hydrogen (secondary N) is 1. The number of ether oxygens (including phenoxy) is 1. The minimum Gasteiger partial charge on any atom is -0.450 e. The predicted molar refractivity (Wildman–Crippen MR) is 100 cm³/mol. The standard InChI is InChI=1S/C19H28N4O3/c1-2-26-19(25)23-10-8-17(9-11-23)21-12-14-22(15-13-21)18(24)20-16-6-4-3-5-7-16/h3-7,17H,2,8-15H2,1H3,(H,20,24). The smallest absolute Gasteiger partial charge is 0.409 e. The number of hydrogen-bond donors (Lipinski definition) is 1. The normalized spacial score (nSPS) is 19.3. The second-order valence-corrected chi connectivity index (χ2v) is 6.74. The highest BCUT2D eigenvalue weighted by molar-refractivity contribution is 5.89. The van der Waals surface area contributed by atoms with Gasteiger partial charge < -0.3 is 19.9 Å². The van der Waals surface area contributed by atoms with Gasteiger partial charge in [-0.25, -0.2) is 9.59 Å². The molecule has 1 aromatic rings. The summed E-state index contributed by atoms with van der Waals surface area (Å²) in [6.07, 6.45) is 1.73. The van der Waals surface area contributed by atoms with E-state index in [4.69, 9.17) is 4.74 Å². The van der Waals surface area contributed by atoms with Gasteiger partial charge in [0.05, 0.1) is 6.61 Å². The molecule has 0 bridgehead atoms. The van der Waals surface area contributed by atoms with Gasteiger partial charge in [-0.15, -0.1) is 0 Å². The van der Waals surface area contributed by atoms with E-state index in [9.17, 15) is 9.59 Å². The van der Waals surface area contributed by atoms with E-state index >= 15 is 0 Å². The molecular formula is C19H28N4O3. The second kappa shape index (κ2) is 8.89. The van der Waals surface area contributed by atoms with Crippen LogP contribution < -0.4 is 5.32 Å². The zero-order chi connectivity index (χ0) is 18.4. The highest BCUT2D eigenvalue weighted by atomic mass is 16.6. The fourth-order valence-electron chi connectivity index (χ4n) is 3.64. The van der Waals surface area contributed by atoms with Crippen LogP contribution in [0.2, 0.25) is 0 Å². The molecule has 0 atom stereocenters. The molecule has 142 valence electrons. The Morgan fingerprint density at radius 3 is 2.27 bits per heavy atom. The molecule has 2 saturated heterocycles. The Balaban J connectivity index is 1.41. The molecule has 0 saturated carbocycles. The van der Waals surface area contributed by atoms with Gasteiger partial charge in [-0.3, -0.25) is 4.90 Å². The number of benzene rings is 1. The molecule has 0 radical (unpaired) electrons. The Bertz CT molecular complexity index is 594. The monoisotopic (exact) mass is 360 g/mol. The lowest BCUT2D eigenvalue weighted by molar-refractivity contribution is 0.0581. The summed E-state index contributed by atoms with van der Waals surface area (Å²) in [7, 11) is 0. The van der Waals surface area contributed by atoms with Crippen LogP contribution in [0.5, 0.6) is 0 Å². The summed E-state index contributed by atoms with van der Waals surface area (Å²) in [6, 6.07) is 10.00. The molecule has 7 heteroatoms. The highest BCUT2D eigenvalue weighted by Gasteiger charge is 2.30. The zero-order valence-corrected chi connectivity index (χ0v) is 15.4. The maximum atomic E-state index is 12.4. The molecule has 0 unspecified atom stereocenters. The molecule has 3 rings (SSSR count). The topological polar surface area (TPSA) is 65.1 Å². The van der Waals surface area contributed by atoms with Crippen molar-refractivity contribution in [2.45, 2.75) is 25.8 Å². The average Bonchev–Trinajstić information content (AvgIpc) is 2.69. The van der Waals surface area contributed by atoms with Gasteiger partial charge in [-0.05, 0) is 31.9 Å². The number of likely N-dealkylation sites (tertiary alicyclic amines) is 1. The average molecular weight is 360 g/mol. The molecule has 0 spiro atoms. The van der Waals surface area contributed by atoms with Gasteiger partial charge in [0, 0.05) is 51.0 Å². The first-order chi connectivity index (χ1) is 12.7. The Morgan fingerprint density at radius 1 is 1.00 bits per heavy atom. The van der Waals surface area contributed by atoms with E-state index in [-0.39, 0.29) is 12.1 Å². The number of amides is 3. The number of rotatable bonds is 3. The van der Waals surface area contributed by atoms with Crippen molar-refractivity contribution in [3.63, 3.8) is 0 Å². The van der Waals surface area contributed by atoms with E-state index in [2.05, 4.69) is 10.2 Å². The number of carbonyl (C=O) groups is 2. The summed E-state index contributed by atoms with van der Waals surface area (Å²) < 4.78 is 5.07. The van der Waals surface area contributed by atoms with Crippen LogP contribution in [-0.2, 0) is 4.74 Å². The van der Waals surface area contributed by atoms with Crippen molar-refractivity contribution in [1.29, 1.82) is 0 Å². The lowest BCUT2D eigenvalue weighted by atomic mass is 10.0. The molecule has 0 aromatic heterocycles. The van der Waals surface area contributed by atoms with Crippen LogP contribution in [0.4, 0.5) is 15.3 Å². The lowest BCUT2D eigenvalue weighted by Gasteiger charge is -2.42. The van der Waals surface area contributed by atoms with Crippen LogP contribution >= 0.6 is 0 Å². The number of hydrogen-bond acceptors (Lipinski definition) is 4. The molecule has 1 N–H and O–H groups in total. The number of piperidine rings is 1. The van der Waals surface area contributed by atoms with Crippen LogP contribution in [0.1, 0.15) is 19.8 Å². The first-order valence-electron chi connectivity index (χ1n) is 9.44. The van der Waals surface area contributed by atoms with E-state index in [0.717, 1.165) is 57.8 Å². The van der Waals surface area contributed by atoms with Gasteiger partial charge >= 0.3 is 12.1 Å². The Labute approximate surface area is 154 Å². The van der Waals surface area contributed by atoms with Gasteiger partial charge in [0.25, 0.3) is 0 Å². The second-order valence-electron chi connectivity index (χ2n) is 6.74. The van der Waals surface area contributed by atoms with Gasteiger partial charge in [0.2, 0.25) is 0 Å². The lowest BCUT2D eigenvalue weighted by Crippen LogP contribution is -2.55. The van der Waals surface area contributed by atoms with Crippen LogP contribution in [0.15, 0.2) is 30.3 Å². The van der Waals surface area contributed by atoms with Gasteiger partial charge in [-0.1, -0.05) is 18.2 Å². The largest absolute Gasteiger partial charge is 0.450 e. The third-order valence-electron chi connectivity index (χ3n) is 5.13. The summed E-state index contributed by atoms with van der Waals surface area (Å²) in [5, 5.41) is 2.95. The molecule has 26 heavy (non-hydrogen) atoms. The molecule has 2 aliphatic heterocycles. The Hall–Kier alpha value is -2.28. The predicted octanol–water partition coefficient (Wildman–Crippen LogP) is 2.46. The summed E-state index contributed by atoms with van der Waals surface area (Å²) >= 11 is 0. The maximum absolute atomic E-state index is 12.4. The minimum absolute atomic E-state index is 0.0343. The minimum atomic E-state index is -0.201. The van der Waals surface area contributed by atoms with Crippen molar-refractivity contribution >= 4 is 17.8 Å². The SMILES string of the molecule is CCOC(=O)N1CCC(N2CCN(C(=O)Nc3ccccc3)CC2)CC1. The summed E-state index contributed by atoms with van der Waals surface area (Å²) in [5.41, 5.74) is 0.825. The van der Waals surface area contributed by atoms with Gasteiger partial charge in [-0.2, -0.15) is 0 Å². The first-order valence-corrected chi connectivity index (χ1v) is 9.44. The van der Waals surface area contributed by atoms with Crippen LogP contribution in [0.3, 0.4) is 0 Å². The van der Waals surface area contributed by atoms with Crippen molar-refractivity contribution in [2.75, 3.05) is 51.2 Å². The van der Waals surface area contributed by atoms with Crippen LogP contribution in [0, 0.1) is 0 Å². The van der Waals surface area contributed by atoms with Crippen molar-refractivity contribution in [1.82, 2.24) is 14.7 Å². The zero-order valence-electron chi connectivity index (χ0n) is 15.4. The number of carbonyl (C=O) groups excluding carboxylic acids is 2. The van der Waals surface area contributed by atoms with Crippen LogP contribution in [-0.4, -0.2) is 78.7 Å². The number of para-hydroxylation sites is 1. The molecule has 1 aromatic carbocycles. The van der Waals surface area contributed by atoms with E-state index in [1.54, 1.807) is 4.90 Å². The molecule has 2 aliphatic rings. The number of urea groups is 1. The van der Waals surface area contributed by atoms with E-state index in [1.165, 1.54) is 0 Å². The van der Waals surface area contributed by atoms with Crippen molar-refractivity contribution < 1.29 is 14.3 Å². The molecule has 2 fully saturated rings. The fourth-order valence-corrected chi connectivity index (χ4v) is 3.64. The number of piperazine rings is 1. The Morgan fingerprint density at radius 2 is 1.65 bits per heavy atom. The molecule has 7 nitrogen and oxygen atoms in total.